The third-order valence-corrected chi connectivity index (χ3v) is 2.67. The van der Waals surface area contributed by atoms with Crippen molar-refractivity contribution < 1.29 is 4.79 Å². The molecule has 0 saturated carbocycles. The average Bonchev–Trinajstić information content (AvgIpc) is 2.64. The van der Waals surface area contributed by atoms with Gasteiger partial charge in [-0.15, -0.1) is 0 Å². The molecule has 2 rings (SSSR count). The van der Waals surface area contributed by atoms with Crippen LogP contribution in [-0.4, -0.2) is 16.1 Å². The lowest BCUT2D eigenvalue weighted by Crippen LogP contribution is -2.12. The minimum atomic E-state index is -0.270. The summed E-state index contributed by atoms with van der Waals surface area (Å²) in [6.07, 6.45) is 1.40. The molecule has 82 valence electrons. The first-order valence-electron chi connectivity index (χ1n) is 4.52. The Hall–Kier alpha value is -1.57. The van der Waals surface area contributed by atoms with Crippen LogP contribution in [0, 0.1) is 3.57 Å². The average molecular weight is 328 g/mol. The fraction of sp³-hybridized carbons (Fsp3) is 0. The van der Waals surface area contributed by atoms with Gasteiger partial charge in [-0.2, -0.15) is 5.10 Å². The van der Waals surface area contributed by atoms with E-state index in [-0.39, 0.29) is 11.7 Å². The lowest BCUT2D eigenvalue weighted by Gasteiger charge is -2.04. The van der Waals surface area contributed by atoms with Gasteiger partial charge in [-0.3, -0.25) is 9.89 Å². The maximum Gasteiger partial charge on any atom is 0.261 e. The van der Waals surface area contributed by atoms with Crippen LogP contribution in [0.3, 0.4) is 0 Å². The number of nitrogen functional groups attached to an aromatic ring is 1. The van der Waals surface area contributed by atoms with Crippen LogP contribution < -0.4 is 11.1 Å². The van der Waals surface area contributed by atoms with Gasteiger partial charge in [-0.1, -0.05) is 6.07 Å². The first-order chi connectivity index (χ1) is 7.66. The highest BCUT2D eigenvalue weighted by atomic mass is 127. The molecular formula is C10H9IN4O. The molecule has 0 atom stereocenters. The minimum Gasteiger partial charge on any atom is -0.383 e. The summed E-state index contributed by atoms with van der Waals surface area (Å²) in [6, 6.07) is 7.50. The zero-order valence-corrected chi connectivity index (χ0v) is 10.4. The van der Waals surface area contributed by atoms with Crippen LogP contribution in [0.4, 0.5) is 11.5 Å². The highest BCUT2D eigenvalue weighted by Gasteiger charge is 2.11. The molecule has 0 fully saturated rings. The van der Waals surface area contributed by atoms with Crippen molar-refractivity contribution in [2.75, 3.05) is 11.1 Å². The summed E-state index contributed by atoms with van der Waals surface area (Å²) in [5.41, 5.74) is 6.62. The van der Waals surface area contributed by atoms with E-state index in [1.807, 2.05) is 24.3 Å². The van der Waals surface area contributed by atoms with Gasteiger partial charge in [0, 0.05) is 9.26 Å². The molecule has 1 heterocycles. The predicted octanol–water partition coefficient (Wildman–Crippen LogP) is 1.85. The maximum atomic E-state index is 11.8. The highest BCUT2D eigenvalue weighted by Crippen LogP contribution is 2.14. The number of carbonyl (C=O) groups excluding carboxylic acids is 1. The molecular weight excluding hydrogens is 319 g/mol. The smallest absolute Gasteiger partial charge is 0.261 e. The van der Waals surface area contributed by atoms with Crippen LogP contribution in [0.15, 0.2) is 30.5 Å². The fourth-order valence-electron chi connectivity index (χ4n) is 1.24. The molecule has 16 heavy (non-hydrogen) atoms. The molecule has 2 aromatic rings. The van der Waals surface area contributed by atoms with Gasteiger partial charge in [-0.05, 0) is 40.8 Å². The van der Waals surface area contributed by atoms with Crippen molar-refractivity contribution in [2.45, 2.75) is 0 Å². The number of nitrogens with zero attached hydrogens (tertiary/aromatic N) is 1. The largest absolute Gasteiger partial charge is 0.383 e. The van der Waals surface area contributed by atoms with Crippen LogP contribution in [0.25, 0.3) is 0 Å². The van der Waals surface area contributed by atoms with Gasteiger partial charge in [0.05, 0.1) is 6.20 Å². The van der Waals surface area contributed by atoms with E-state index in [4.69, 9.17) is 5.73 Å². The fourth-order valence-corrected chi connectivity index (χ4v) is 1.78. The van der Waals surface area contributed by atoms with Crippen molar-refractivity contribution in [3.05, 3.63) is 39.6 Å². The Morgan fingerprint density at radius 3 is 2.94 bits per heavy atom. The molecule has 0 aliphatic carbocycles. The molecule has 0 aliphatic heterocycles. The van der Waals surface area contributed by atoms with Crippen LogP contribution >= 0.6 is 22.6 Å². The van der Waals surface area contributed by atoms with Crippen LogP contribution in [0.2, 0.25) is 0 Å². The standard InChI is InChI=1S/C10H9IN4O/c11-6-2-1-3-7(4-6)14-10(16)8-5-13-15-9(8)12/h1-5H,(H,14,16)(H3,12,13,15). The van der Waals surface area contributed by atoms with E-state index in [0.29, 0.717) is 5.56 Å². The molecule has 1 amide bonds. The molecule has 5 nitrogen and oxygen atoms in total. The highest BCUT2D eigenvalue weighted by molar-refractivity contribution is 14.1. The van der Waals surface area contributed by atoms with E-state index in [1.165, 1.54) is 6.20 Å². The van der Waals surface area contributed by atoms with Gasteiger partial charge < -0.3 is 11.1 Å². The maximum absolute atomic E-state index is 11.8. The van der Waals surface area contributed by atoms with Crippen molar-refractivity contribution in [3.63, 3.8) is 0 Å². The van der Waals surface area contributed by atoms with E-state index in [1.54, 1.807) is 0 Å². The van der Waals surface area contributed by atoms with Gasteiger partial charge >= 0.3 is 0 Å². The number of anilines is 2. The summed E-state index contributed by atoms with van der Waals surface area (Å²) in [5.74, 6) is -0.00335. The number of hydrogen-bond acceptors (Lipinski definition) is 3. The number of halogens is 1. The number of aromatic amines is 1. The molecule has 6 heteroatoms. The number of nitrogens with one attached hydrogen (secondary N) is 2. The number of rotatable bonds is 2. The molecule has 0 saturated heterocycles. The predicted molar refractivity (Wildman–Crippen MR) is 70.1 cm³/mol. The van der Waals surface area contributed by atoms with Crippen LogP contribution in [0.1, 0.15) is 10.4 Å². The number of H-pyrrole nitrogens is 1. The minimum absolute atomic E-state index is 0.267. The molecule has 1 aromatic heterocycles. The Morgan fingerprint density at radius 2 is 2.31 bits per heavy atom. The molecule has 0 radical (unpaired) electrons. The molecule has 4 N–H and O–H groups in total. The van der Waals surface area contributed by atoms with Crippen molar-refractivity contribution in [3.8, 4) is 0 Å². The Balaban J connectivity index is 2.17. The molecule has 0 unspecified atom stereocenters. The third kappa shape index (κ3) is 2.32. The Bertz CT molecular complexity index is 523. The van der Waals surface area contributed by atoms with Gasteiger partial charge in [0.25, 0.3) is 5.91 Å². The summed E-state index contributed by atoms with van der Waals surface area (Å²) < 4.78 is 1.05. The summed E-state index contributed by atoms with van der Waals surface area (Å²) in [6.45, 7) is 0. The van der Waals surface area contributed by atoms with Gasteiger partial charge in [0.15, 0.2) is 0 Å². The topological polar surface area (TPSA) is 83.8 Å². The van der Waals surface area contributed by atoms with E-state index >= 15 is 0 Å². The van der Waals surface area contributed by atoms with E-state index < -0.39 is 0 Å². The second kappa shape index (κ2) is 4.52. The number of nitrogens with two attached hydrogens (primary N) is 1. The lowest BCUT2D eigenvalue weighted by atomic mass is 10.2. The normalized spacial score (nSPS) is 10.1. The van der Waals surface area contributed by atoms with E-state index in [9.17, 15) is 4.79 Å². The van der Waals surface area contributed by atoms with Crippen molar-refractivity contribution >= 4 is 40.0 Å². The second-order valence-electron chi connectivity index (χ2n) is 3.16. The quantitative estimate of drug-likeness (QED) is 0.736. The van der Waals surface area contributed by atoms with Crippen LogP contribution in [-0.2, 0) is 0 Å². The summed E-state index contributed by atoms with van der Waals surface area (Å²) in [5, 5.41) is 8.94. The Morgan fingerprint density at radius 1 is 1.50 bits per heavy atom. The van der Waals surface area contributed by atoms with Gasteiger partial charge in [0.2, 0.25) is 0 Å². The van der Waals surface area contributed by atoms with Crippen molar-refractivity contribution in [2.24, 2.45) is 0 Å². The van der Waals surface area contributed by atoms with Gasteiger partial charge in [-0.25, -0.2) is 0 Å². The monoisotopic (exact) mass is 328 g/mol. The van der Waals surface area contributed by atoms with Crippen molar-refractivity contribution in [1.29, 1.82) is 0 Å². The van der Waals surface area contributed by atoms with Gasteiger partial charge in [0.1, 0.15) is 11.4 Å². The Kier molecular flexibility index (Phi) is 3.09. The number of amides is 1. The zero-order chi connectivity index (χ0) is 11.5. The van der Waals surface area contributed by atoms with Crippen LogP contribution in [0.5, 0.6) is 0 Å². The first kappa shape index (κ1) is 10.9. The van der Waals surface area contributed by atoms with Crippen molar-refractivity contribution in [1.82, 2.24) is 10.2 Å². The summed E-state index contributed by atoms with van der Waals surface area (Å²) in [4.78, 5) is 11.8. The lowest BCUT2D eigenvalue weighted by molar-refractivity contribution is 0.102. The molecule has 0 aliphatic rings. The molecule has 0 bridgehead atoms. The summed E-state index contributed by atoms with van der Waals surface area (Å²) in [7, 11) is 0. The summed E-state index contributed by atoms with van der Waals surface area (Å²) >= 11 is 2.18. The van der Waals surface area contributed by atoms with E-state index in [0.717, 1.165) is 9.26 Å². The third-order valence-electron chi connectivity index (χ3n) is 2.00. The molecule has 0 spiro atoms. The zero-order valence-electron chi connectivity index (χ0n) is 8.20. The second-order valence-corrected chi connectivity index (χ2v) is 4.41. The number of benzene rings is 1. The number of aromatic nitrogens is 2. The Labute approximate surface area is 106 Å². The molecule has 1 aromatic carbocycles. The first-order valence-corrected chi connectivity index (χ1v) is 5.60. The number of carbonyl (C=O) groups is 1. The SMILES string of the molecule is Nc1[nH]ncc1C(=O)Nc1cccc(I)c1. The van der Waals surface area contributed by atoms with E-state index in [2.05, 4.69) is 38.1 Å². The number of hydrogen-bond donors (Lipinski definition) is 3.